The van der Waals surface area contributed by atoms with Gasteiger partial charge in [0.05, 0.1) is 36.2 Å². The SMILES string of the molecule is CCOC(=O)C1=C(N2CCN(C(=O)c3cccs3)CC2)c2ccccc2N(Cc2ccoc2)[S+]1[O-]. The van der Waals surface area contributed by atoms with Crippen LogP contribution in [-0.2, 0) is 27.4 Å². The Labute approximate surface area is 210 Å². The average molecular weight is 512 g/mol. The molecule has 0 saturated carbocycles. The normalized spacial score (nSPS) is 18.0. The van der Waals surface area contributed by atoms with Crippen LogP contribution in [0.25, 0.3) is 5.70 Å². The van der Waals surface area contributed by atoms with Gasteiger partial charge in [-0.3, -0.25) is 4.79 Å². The van der Waals surface area contributed by atoms with E-state index in [1.54, 1.807) is 23.8 Å². The van der Waals surface area contributed by atoms with Crippen molar-refractivity contribution in [3.05, 3.63) is 81.3 Å². The third kappa shape index (κ3) is 4.56. The number of esters is 1. The van der Waals surface area contributed by atoms with Gasteiger partial charge in [-0.05, 0) is 30.5 Å². The number of para-hydroxylation sites is 1. The van der Waals surface area contributed by atoms with Gasteiger partial charge < -0.3 is 23.5 Å². The maximum Gasteiger partial charge on any atom is 0.391 e. The van der Waals surface area contributed by atoms with Crippen LogP contribution < -0.4 is 4.31 Å². The lowest BCUT2D eigenvalue weighted by Crippen LogP contribution is -2.49. The van der Waals surface area contributed by atoms with Crippen LogP contribution >= 0.6 is 11.3 Å². The number of benzene rings is 1. The highest BCUT2D eigenvalue weighted by atomic mass is 32.2. The Morgan fingerprint density at radius 2 is 1.91 bits per heavy atom. The zero-order valence-electron chi connectivity index (χ0n) is 19.2. The van der Waals surface area contributed by atoms with Crippen molar-refractivity contribution < 1.29 is 23.3 Å². The van der Waals surface area contributed by atoms with Crippen molar-refractivity contribution >= 4 is 46.0 Å². The molecule has 1 amide bonds. The van der Waals surface area contributed by atoms with E-state index in [0.29, 0.717) is 43.3 Å². The fourth-order valence-corrected chi connectivity index (χ4v) is 6.48. The minimum absolute atomic E-state index is 0.0122. The van der Waals surface area contributed by atoms with Crippen LogP contribution in [0, 0.1) is 0 Å². The van der Waals surface area contributed by atoms with E-state index in [4.69, 9.17) is 9.15 Å². The van der Waals surface area contributed by atoms with E-state index in [0.717, 1.165) is 16.8 Å². The van der Waals surface area contributed by atoms with Crippen molar-refractivity contribution in [2.45, 2.75) is 13.5 Å². The maximum absolute atomic E-state index is 13.9. The molecule has 3 aromatic rings. The van der Waals surface area contributed by atoms with Crippen LogP contribution in [0.3, 0.4) is 0 Å². The number of fused-ring (bicyclic) bond motifs is 1. The molecule has 0 N–H and O–H groups in total. The van der Waals surface area contributed by atoms with Crippen molar-refractivity contribution in [3.63, 3.8) is 0 Å². The largest absolute Gasteiger partial charge is 0.587 e. The van der Waals surface area contributed by atoms with Gasteiger partial charge in [0.25, 0.3) is 10.8 Å². The van der Waals surface area contributed by atoms with Gasteiger partial charge >= 0.3 is 5.97 Å². The molecule has 0 aliphatic carbocycles. The Balaban J connectivity index is 1.49. The highest BCUT2D eigenvalue weighted by Gasteiger charge is 2.44. The molecule has 2 aromatic heterocycles. The average Bonchev–Trinajstić information content (AvgIpc) is 3.60. The topological polar surface area (TPSA) is 89.3 Å². The summed E-state index contributed by atoms with van der Waals surface area (Å²) >= 11 is -0.363. The van der Waals surface area contributed by atoms with Crippen LogP contribution in [0.4, 0.5) is 5.69 Å². The third-order valence-corrected chi connectivity index (χ3v) is 8.29. The fourth-order valence-electron chi connectivity index (χ4n) is 4.36. The monoisotopic (exact) mass is 511 g/mol. The molecule has 5 rings (SSSR count). The number of rotatable bonds is 6. The van der Waals surface area contributed by atoms with E-state index in [1.807, 2.05) is 52.7 Å². The highest BCUT2D eigenvalue weighted by Crippen LogP contribution is 2.42. The number of amides is 1. The molecule has 2 aliphatic heterocycles. The number of nitrogens with zero attached hydrogens (tertiary/aromatic N) is 3. The lowest BCUT2D eigenvalue weighted by atomic mass is 10.1. The van der Waals surface area contributed by atoms with E-state index in [2.05, 4.69) is 4.90 Å². The Morgan fingerprint density at radius 3 is 2.60 bits per heavy atom. The second-order valence-corrected chi connectivity index (χ2v) is 10.4. The number of anilines is 1. The van der Waals surface area contributed by atoms with Crippen molar-refractivity contribution in [1.29, 1.82) is 0 Å². The molecule has 1 unspecified atom stereocenters. The van der Waals surface area contributed by atoms with Gasteiger partial charge in [-0.1, -0.05) is 24.3 Å². The summed E-state index contributed by atoms with van der Waals surface area (Å²) in [5.41, 5.74) is 3.05. The maximum atomic E-state index is 13.9. The molecule has 10 heteroatoms. The Morgan fingerprint density at radius 1 is 1.11 bits per heavy atom. The molecule has 1 atom stereocenters. The first-order valence-corrected chi connectivity index (χ1v) is 13.4. The van der Waals surface area contributed by atoms with Gasteiger partial charge in [-0.25, -0.2) is 4.79 Å². The number of carbonyl (C=O) groups is 2. The molecule has 0 spiro atoms. The highest BCUT2D eigenvalue weighted by molar-refractivity contribution is 7.97. The molecule has 2 aliphatic rings. The molecule has 1 saturated heterocycles. The number of thiophene rings is 1. The number of hydrogen-bond acceptors (Lipinski definition) is 8. The van der Waals surface area contributed by atoms with Crippen molar-refractivity contribution in [3.8, 4) is 0 Å². The van der Waals surface area contributed by atoms with E-state index in [-0.39, 0.29) is 17.4 Å². The third-order valence-electron chi connectivity index (χ3n) is 6.00. The van der Waals surface area contributed by atoms with Crippen LogP contribution in [0.5, 0.6) is 0 Å². The summed E-state index contributed by atoms with van der Waals surface area (Å²) in [6, 6.07) is 13.2. The quantitative estimate of drug-likeness (QED) is 0.368. The Hall–Kier alpha value is -3.21. The molecule has 0 bridgehead atoms. The lowest BCUT2D eigenvalue weighted by molar-refractivity contribution is -0.137. The lowest BCUT2D eigenvalue weighted by Gasteiger charge is -2.41. The molecular formula is C25H25N3O5S2. The second-order valence-electron chi connectivity index (χ2n) is 8.09. The first-order chi connectivity index (χ1) is 17.1. The van der Waals surface area contributed by atoms with Gasteiger partial charge in [-0.2, -0.15) is 4.31 Å². The van der Waals surface area contributed by atoms with Crippen LogP contribution in [0.15, 0.2) is 69.7 Å². The van der Waals surface area contributed by atoms with Crippen LogP contribution in [-0.4, -0.2) is 59.0 Å². The molecular weight excluding hydrogens is 486 g/mol. The number of carbonyl (C=O) groups excluding carboxylic acids is 2. The Bertz CT molecular complexity index is 1220. The summed E-state index contributed by atoms with van der Waals surface area (Å²) < 4.78 is 26.1. The van der Waals surface area contributed by atoms with Crippen molar-refractivity contribution in [2.24, 2.45) is 0 Å². The van der Waals surface area contributed by atoms with Crippen LogP contribution in [0.1, 0.15) is 27.7 Å². The van der Waals surface area contributed by atoms with E-state index >= 15 is 0 Å². The van der Waals surface area contributed by atoms with Gasteiger partial charge in [-0.15, -0.1) is 11.3 Å². The standard InChI is InChI=1S/C25H25N3O5S2/c1-2-33-25(30)23-22(26-10-12-27(13-11-26)24(29)21-8-5-15-34-21)19-6-3-4-7-20(19)28(35(23)31)16-18-9-14-32-17-18/h3-9,14-15,17H,2,10-13,16H2,1H3. The number of hydrogen-bond donors (Lipinski definition) is 0. The van der Waals surface area contributed by atoms with Crippen molar-refractivity contribution in [1.82, 2.24) is 9.80 Å². The summed E-state index contributed by atoms with van der Waals surface area (Å²) in [5, 5.41) is 1.89. The van der Waals surface area contributed by atoms with Crippen LogP contribution in [0.2, 0.25) is 0 Å². The summed E-state index contributed by atoms with van der Waals surface area (Å²) in [7, 11) is 0. The molecule has 1 aromatic carbocycles. The molecule has 182 valence electrons. The molecule has 8 nitrogen and oxygen atoms in total. The summed E-state index contributed by atoms with van der Waals surface area (Å²) in [6.45, 7) is 4.27. The predicted molar refractivity (Wildman–Crippen MR) is 135 cm³/mol. The zero-order chi connectivity index (χ0) is 24.4. The summed E-state index contributed by atoms with van der Waals surface area (Å²) in [4.78, 5) is 30.7. The van der Waals surface area contributed by atoms with Crippen molar-refractivity contribution in [2.75, 3.05) is 37.1 Å². The first-order valence-electron chi connectivity index (χ1n) is 11.4. The fraction of sp³-hybridized carbons (Fsp3) is 0.280. The second kappa shape index (κ2) is 10.2. The van der Waals surface area contributed by atoms with Gasteiger partial charge in [0.1, 0.15) is 17.1 Å². The zero-order valence-corrected chi connectivity index (χ0v) is 20.8. The molecule has 4 heterocycles. The number of ether oxygens (including phenoxy) is 1. The summed E-state index contributed by atoms with van der Waals surface area (Å²) in [5.74, 6) is -0.581. The predicted octanol–water partition coefficient (Wildman–Crippen LogP) is 3.71. The van der Waals surface area contributed by atoms with Gasteiger partial charge in [0.2, 0.25) is 0 Å². The minimum Gasteiger partial charge on any atom is -0.587 e. The number of furan rings is 1. The van der Waals surface area contributed by atoms with E-state index in [1.165, 1.54) is 11.3 Å². The van der Waals surface area contributed by atoms with Gasteiger partial charge in [0, 0.05) is 37.3 Å². The molecule has 35 heavy (non-hydrogen) atoms. The van der Waals surface area contributed by atoms with E-state index < -0.39 is 17.3 Å². The summed E-state index contributed by atoms with van der Waals surface area (Å²) in [6.07, 6.45) is 3.17. The van der Waals surface area contributed by atoms with Gasteiger partial charge in [0.15, 0.2) is 0 Å². The molecule has 0 radical (unpaired) electrons. The smallest absolute Gasteiger partial charge is 0.391 e. The molecule has 1 fully saturated rings. The minimum atomic E-state index is -1.79. The first kappa shape index (κ1) is 23.5. The Kier molecular flexibility index (Phi) is 6.85. The number of piperazine rings is 1. The van der Waals surface area contributed by atoms with E-state index in [9.17, 15) is 14.1 Å².